The van der Waals surface area contributed by atoms with E-state index < -0.39 is 0 Å². The Kier molecular flexibility index (Phi) is 4.05. The number of rotatable bonds is 5. The predicted octanol–water partition coefficient (Wildman–Crippen LogP) is 3.02. The van der Waals surface area contributed by atoms with Gasteiger partial charge >= 0.3 is 0 Å². The SMILES string of the molecule is O=c1cc(NCC2CC2)cnn1Cc1ccc(Br)cc1F. The van der Waals surface area contributed by atoms with E-state index in [1.807, 2.05) is 0 Å². The zero-order chi connectivity index (χ0) is 14.8. The topological polar surface area (TPSA) is 46.9 Å². The van der Waals surface area contributed by atoms with Crippen molar-refractivity contribution in [1.29, 1.82) is 0 Å². The number of anilines is 1. The third kappa shape index (κ3) is 3.69. The van der Waals surface area contributed by atoms with E-state index in [0.717, 1.165) is 18.2 Å². The highest BCUT2D eigenvalue weighted by Gasteiger charge is 2.20. The Hall–Kier alpha value is -1.69. The summed E-state index contributed by atoms with van der Waals surface area (Å²) in [6, 6.07) is 6.28. The molecular weight excluding hydrogens is 337 g/mol. The molecule has 0 amide bonds. The van der Waals surface area contributed by atoms with Gasteiger partial charge in [-0.05, 0) is 30.9 Å². The molecule has 1 saturated carbocycles. The second-order valence-electron chi connectivity index (χ2n) is 5.30. The van der Waals surface area contributed by atoms with Gasteiger partial charge in [-0.15, -0.1) is 0 Å². The molecule has 1 aliphatic carbocycles. The molecule has 4 nitrogen and oxygen atoms in total. The van der Waals surface area contributed by atoms with Crippen LogP contribution in [0.4, 0.5) is 10.1 Å². The van der Waals surface area contributed by atoms with Crippen LogP contribution in [0.5, 0.6) is 0 Å². The normalized spacial score (nSPS) is 14.2. The van der Waals surface area contributed by atoms with Gasteiger partial charge in [0.05, 0.1) is 18.4 Å². The van der Waals surface area contributed by atoms with Gasteiger partial charge in [-0.1, -0.05) is 22.0 Å². The maximum absolute atomic E-state index is 13.8. The number of halogens is 2. The third-order valence-electron chi connectivity index (χ3n) is 3.50. The number of hydrogen-bond acceptors (Lipinski definition) is 3. The first-order valence-electron chi connectivity index (χ1n) is 6.87. The molecule has 1 fully saturated rings. The Balaban J connectivity index is 1.74. The van der Waals surface area contributed by atoms with Gasteiger partial charge in [0.2, 0.25) is 0 Å². The van der Waals surface area contributed by atoms with Gasteiger partial charge in [0.25, 0.3) is 5.56 Å². The van der Waals surface area contributed by atoms with E-state index in [-0.39, 0.29) is 17.9 Å². The van der Waals surface area contributed by atoms with E-state index in [1.54, 1.807) is 18.3 Å². The molecule has 0 bridgehead atoms. The van der Waals surface area contributed by atoms with Crippen molar-refractivity contribution < 1.29 is 4.39 Å². The molecule has 1 aromatic heterocycles. The van der Waals surface area contributed by atoms with Crippen LogP contribution < -0.4 is 10.9 Å². The van der Waals surface area contributed by atoms with Crippen LogP contribution in [0.1, 0.15) is 18.4 Å². The fourth-order valence-corrected chi connectivity index (χ4v) is 2.38. The fraction of sp³-hybridized carbons (Fsp3) is 0.333. The summed E-state index contributed by atoms with van der Waals surface area (Å²) < 4.78 is 15.7. The zero-order valence-corrected chi connectivity index (χ0v) is 12.9. The van der Waals surface area contributed by atoms with Gasteiger partial charge in [-0.2, -0.15) is 5.10 Å². The number of nitrogens with zero attached hydrogens (tertiary/aromatic N) is 2. The minimum atomic E-state index is -0.353. The van der Waals surface area contributed by atoms with E-state index in [4.69, 9.17) is 0 Å². The molecule has 0 atom stereocenters. The van der Waals surface area contributed by atoms with E-state index >= 15 is 0 Å². The molecule has 1 aromatic carbocycles. The van der Waals surface area contributed by atoms with Crippen LogP contribution in [0.3, 0.4) is 0 Å². The quantitative estimate of drug-likeness (QED) is 0.900. The van der Waals surface area contributed by atoms with Crippen molar-refractivity contribution in [3.05, 3.63) is 56.7 Å². The predicted molar refractivity (Wildman–Crippen MR) is 82.9 cm³/mol. The van der Waals surface area contributed by atoms with Crippen LogP contribution >= 0.6 is 15.9 Å². The van der Waals surface area contributed by atoms with E-state index in [2.05, 4.69) is 26.3 Å². The van der Waals surface area contributed by atoms with Crippen molar-refractivity contribution >= 4 is 21.6 Å². The number of nitrogens with one attached hydrogen (secondary N) is 1. The van der Waals surface area contributed by atoms with E-state index in [9.17, 15) is 9.18 Å². The second kappa shape index (κ2) is 5.97. The minimum Gasteiger partial charge on any atom is -0.383 e. The molecule has 1 aliphatic rings. The summed E-state index contributed by atoms with van der Waals surface area (Å²) in [5.74, 6) is 0.373. The number of benzene rings is 1. The third-order valence-corrected chi connectivity index (χ3v) is 3.99. The standard InChI is InChI=1S/C15H15BrFN3O/c16-12-4-3-11(14(17)5-12)9-20-15(21)6-13(8-19-20)18-7-10-1-2-10/h3-6,8,10,18H,1-2,7,9H2. The first-order chi connectivity index (χ1) is 10.1. The summed E-state index contributed by atoms with van der Waals surface area (Å²) in [6.45, 7) is 1.01. The van der Waals surface area contributed by atoms with Crippen molar-refractivity contribution in [3.8, 4) is 0 Å². The molecule has 21 heavy (non-hydrogen) atoms. The van der Waals surface area contributed by atoms with Gasteiger partial charge in [0.1, 0.15) is 5.82 Å². The van der Waals surface area contributed by atoms with E-state index in [1.165, 1.54) is 29.7 Å². The molecule has 1 heterocycles. The summed E-state index contributed by atoms with van der Waals surface area (Å²) >= 11 is 3.21. The van der Waals surface area contributed by atoms with Crippen LogP contribution in [-0.2, 0) is 6.54 Å². The Morgan fingerprint density at radius 2 is 2.19 bits per heavy atom. The zero-order valence-electron chi connectivity index (χ0n) is 11.4. The molecule has 6 heteroatoms. The summed E-state index contributed by atoms with van der Waals surface area (Å²) in [7, 11) is 0. The minimum absolute atomic E-state index is 0.126. The average Bonchev–Trinajstić information content (AvgIpc) is 3.26. The Morgan fingerprint density at radius 3 is 2.86 bits per heavy atom. The molecule has 110 valence electrons. The smallest absolute Gasteiger partial charge is 0.269 e. The molecule has 0 saturated heterocycles. The largest absolute Gasteiger partial charge is 0.383 e. The van der Waals surface area contributed by atoms with Gasteiger partial charge < -0.3 is 5.32 Å². The maximum atomic E-state index is 13.8. The van der Waals surface area contributed by atoms with Gasteiger partial charge in [0.15, 0.2) is 0 Å². The lowest BCUT2D eigenvalue weighted by Gasteiger charge is -2.08. The monoisotopic (exact) mass is 351 g/mol. The molecule has 0 spiro atoms. The van der Waals surface area contributed by atoms with Crippen LogP contribution in [0, 0.1) is 11.7 Å². The summed E-state index contributed by atoms with van der Waals surface area (Å²) in [5, 5.41) is 7.30. The average molecular weight is 352 g/mol. The lowest BCUT2D eigenvalue weighted by Crippen LogP contribution is -2.23. The molecule has 0 unspecified atom stereocenters. The fourth-order valence-electron chi connectivity index (χ4n) is 2.04. The van der Waals surface area contributed by atoms with Crippen LogP contribution in [0.25, 0.3) is 0 Å². The Bertz CT molecular complexity index is 712. The second-order valence-corrected chi connectivity index (χ2v) is 6.22. The first kappa shape index (κ1) is 14.3. The highest BCUT2D eigenvalue weighted by Crippen LogP contribution is 2.28. The van der Waals surface area contributed by atoms with Crippen molar-refractivity contribution in [2.45, 2.75) is 19.4 Å². The molecule has 0 aliphatic heterocycles. The maximum Gasteiger partial charge on any atom is 0.269 e. The Labute approximate surface area is 130 Å². The molecule has 3 rings (SSSR count). The van der Waals surface area contributed by atoms with Gasteiger partial charge in [-0.25, -0.2) is 9.07 Å². The lowest BCUT2D eigenvalue weighted by atomic mass is 10.2. The highest BCUT2D eigenvalue weighted by molar-refractivity contribution is 9.10. The molecule has 0 radical (unpaired) electrons. The Morgan fingerprint density at radius 1 is 1.38 bits per heavy atom. The summed E-state index contributed by atoms with van der Waals surface area (Å²) in [6.07, 6.45) is 4.11. The van der Waals surface area contributed by atoms with Crippen molar-refractivity contribution in [3.63, 3.8) is 0 Å². The molecule has 1 N–H and O–H groups in total. The lowest BCUT2D eigenvalue weighted by molar-refractivity contribution is 0.572. The summed E-state index contributed by atoms with van der Waals surface area (Å²) in [5.41, 5.74) is 0.920. The summed E-state index contributed by atoms with van der Waals surface area (Å²) in [4.78, 5) is 12.0. The van der Waals surface area contributed by atoms with Crippen LogP contribution in [0.15, 0.2) is 39.7 Å². The highest BCUT2D eigenvalue weighted by atomic mass is 79.9. The molecule has 2 aromatic rings. The van der Waals surface area contributed by atoms with Crippen molar-refractivity contribution in [2.75, 3.05) is 11.9 Å². The van der Waals surface area contributed by atoms with Gasteiger partial charge in [-0.3, -0.25) is 4.79 Å². The van der Waals surface area contributed by atoms with Crippen LogP contribution in [0.2, 0.25) is 0 Å². The molecular formula is C15H15BrFN3O. The van der Waals surface area contributed by atoms with Crippen molar-refractivity contribution in [2.24, 2.45) is 5.92 Å². The van der Waals surface area contributed by atoms with Crippen molar-refractivity contribution in [1.82, 2.24) is 9.78 Å². The van der Waals surface area contributed by atoms with E-state index in [0.29, 0.717) is 10.0 Å². The van der Waals surface area contributed by atoms with Crippen LogP contribution in [-0.4, -0.2) is 16.3 Å². The number of aromatic nitrogens is 2. The van der Waals surface area contributed by atoms with Gasteiger partial charge in [0, 0.05) is 22.6 Å². The number of hydrogen-bond donors (Lipinski definition) is 1. The first-order valence-corrected chi connectivity index (χ1v) is 7.66.